The van der Waals surface area contributed by atoms with E-state index >= 15 is 0 Å². The number of carboxylic acid groups (broad SMARTS) is 1. The van der Waals surface area contributed by atoms with Gasteiger partial charge in [-0.15, -0.1) is 11.3 Å². The highest BCUT2D eigenvalue weighted by Gasteiger charge is 2.14. The molecule has 0 spiro atoms. The molecule has 0 aliphatic rings. The summed E-state index contributed by atoms with van der Waals surface area (Å²) in [5, 5.41) is 13.8. The van der Waals surface area contributed by atoms with Crippen molar-refractivity contribution in [2.45, 2.75) is 25.8 Å². The second kappa shape index (κ2) is 6.33. The van der Waals surface area contributed by atoms with Crippen LogP contribution in [0.1, 0.15) is 19.0 Å². The van der Waals surface area contributed by atoms with Crippen LogP contribution in [0.4, 0.5) is 0 Å². The van der Waals surface area contributed by atoms with Gasteiger partial charge in [-0.1, -0.05) is 0 Å². The molecule has 2 aromatic rings. The maximum atomic E-state index is 11.7. The van der Waals surface area contributed by atoms with Crippen LogP contribution in [0.3, 0.4) is 0 Å². The molecule has 1 unspecified atom stereocenters. The molecule has 2 aromatic heterocycles. The molecule has 1 atom stereocenters. The predicted molar refractivity (Wildman–Crippen MR) is 73.4 cm³/mol. The molecule has 2 rings (SSSR count). The van der Waals surface area contributed by atoms with Crippen LogP contribution in [0, 0.1) is 0 Å². The van der Waals surface area contributed by atoms with Crippen molar-refractivity contribution in [2.75, 3.05) is 0 Å². The lowest BCUT2D eigenvalue weighted by molar-refractivity contribution is -0.137. The Morgan fingerprint density at radius 2 is 2.35 bits per heavy atom. The maximum absolute atomic E-state index is 11.7. The summed E-state index contributed by atoms with van der Waals surface area (Å²) in [4.78, 5) is 26.6. The molecule has 1 amide bonds. The summed E-state index contributed by atoms with van der Waals surface area (Å²) >= 11 is 1.40. The van der Waals surface area contributed by atoms with Crippen molar-refractivity contribution in [1.29, 1.82) is 0 Å². The number of carbonyl (C=O) groups excluding carboxylic acids is 1. The number of carboxylic acids is 1. The van der Waals surface area contributed by atoms with Crippen LogP contribution < -0.4 is 5.32 Å². The van der Waals surface area contributed by atoms with Crippen molar-refractivity contribution < 1.29 is 19.1 Å². The quantitative estimate of drug-likeness (QED) is 0.849. The Morgan fingerprint density at radius 3 is 3.00 bits per heavy atom. The number of hydrogen-bond donors (Lipinski definition) is 2. The number of hydrogen-bond acceptors (Lipinski definition) is 5. The van der Waals surface area contributed by atoms with Gasteiger partial charge in [-0.25, -0.2) is 4.98 Å². The summed E-state index contributed by atoms with van der Waals surface area (Å²) in [6, 6.07) is 3.18. The topological polar surface area (TPSA) is 92.4 Å². The minimum atomic E-state index is -0.938. The number of carbonyl (C=O) groups is 2. The molecule has 0 aliphatic carbocycles. The van der Waals surface area contributed by atoms with E-state index in [0.29, 0.717) is 11.5 Å². The number of nitrogens with one attached hydrogen (secondary N) is 1. The molecule has 0 aliphatic heterocycles. The number of amides is 1. The molecule has 7 heteroatoms. The van der Waals surface area contributed by atoms with Gasteiger partial charge in [0.15, 0.2) is 10.8 Å². The van der Waals surface area contributed by atoms with Crippen LogP contribution in [0.25, 0.3) is 10.8 Å². The van der Waals surface area contributed by atoms with Gasteiger partial charge in [0.2, 0.25) is 5.91 Å². The number of aromatic nitrogens is 1. The van der Waals surface area contributed by atoms with Crippen LogP contribution in [-0.4, -0.2) is 28.0 Å². The fraction of sp³-hybridized carbons (Fsp3) is 0.308. The fourth-order valence-electron chi connectivity index (χ4n) is 1.70. The van der Waals surface area contributed by atoms with Gasteiger partial charge in [-0.2, -0.15) is 0 Å². The van der Waals surface area contributed by atoms with Gasteiger partial charge in [-0.05, 0) is 19.1 Å². The molecule has 6 nitrogen and oxygen atoms in total. The van der Waals surface area contributed by atoms with Crippen LogP contribution in [0.15, 0.2) is 28.2 Å². The van der Waals surface area contributed by atoms with Gasteiger partial charge >= 0.3 is 5.97 Å². The zero-order valence-electron chi connectivity index (χ0n) is 10.8. The normalized spacial score (nSPS) is 12.1. The van der Waals surface area contributed by atoms with Crippen molar-refractivity contribution >= 4 is 23.2 Å². The second-order valence-corrected chi connectivity index (χ2v) is 5.22. The Hall–Kier alpha value is -2.15. The Labute approximate surface area is 119 Å². The number of rotatable bonds is 6. The Kier molecular flexibility index (Phi) is 4.52. The Morgan fingerprint density at radius 1 is 1.55 bits per heavy atom. The molecule has 2 N–H and O–H groups in total. The summed E-state index contributed by atoms with van der Waals surface area (Å²) in [7, 11) is 0. The van der Waals surface area contributed by atoms with Crippen molar-refractivity contribution in [1.82, 2.24) is 10.3 Å². The molecule has 0 radical (unpaired) electrons. The van der Waals surface area contributed by atoms with E-state index in [1.165, 1.54) is 11.3 Å². The Bertz CT molecular complexity index is 591. The van der Waals surface area contributed by atoms with Gasteiger partial charge < -0.3 is 14.8 Å². The minimum absolute atomic E-state index is 0.0968. The maximum Gasteiger partial charge on any atom is 0.305 e. The summed E-state index contributed by atoms with van der Waals surface area (Å²) in [5.74, 6) is -0.512. The first kappa shape index (κ1) is 14.3. The van der Waals surface area contributed by atoms with Crippen LogP contribution in [0.5, 0.6) is 0 Å². The van der Waals surface area contributed by atoms with E-state index in [9.17, 15) is 9.59 Å². The molecule has 0 aromatic carbocycles. The molecular formula is C13H14N2O4S. The van der Waals surface area contributed by atoms with E-state index in [0.717, 1.165) is 5.01 Å². The molecule has 20 heavy (non-hydrogen) atoms. The molecule has 0 fully saturated rings. The highest BCUT2D eigenvalue weighted by atomic mass is 32.1. The van der Waals surface area contributed by atoms with Gasteiger partial charge in [-0.3, -0.25) is 9.59 Å². The van der Waals surface area contributed by atoms with E-state index in [4.69, 9.17) is 9.52 Å². The smallest absolute Gasteiger partial charge is 0.305 e. The largest absolute Gasteiger partial charge is 0.481 e. The van der Waals surface area contributed by atoms with E-state index in [2.05, 4.69) is 10.3 Å². The first-order chi connectivity index (χ1) is 9.54. The molecular weight excluding hydrogens is 280 g/mol. The first-order valence-corrected chi connectivity index (χ1v) is 6.92. The highest BCUT2D eigenvalue weighted by molar-refractivity contribution is 7.13. The molecule has 0 saturated carbocycles. The third-order valence-electron chi connectivity index (χ3n) is 2.51. The van der Waals surface area contributed by atoms with Gasteiger partial charge in [0.05, 0.1) is 24.8 Å². The number of thiazole rings is 1. The van der Waals surface area contributed by atoms with Crippen molar-refractivity contribution in [2.24, 2.45) is 0 Å². The first-order valence-electron chi connectivity index (χ1n) is 6.04. The lowest BCUT2D eigenvalue weighted by Crippen LogP contribution is -2.35. The average Bonchev–Trinajstić information content (AvgIpc) is 2.96. The lowest BCUT2D eigenvalue weighted by atomic mass is 10.2. The molecule has 106 valence electrons. The van der Waals surface area contributed by atoms with Gasteiger partial charge in [0.25, 0.3) is 0 Å². The SMILES string of the molecule is CC(CC(=O)O)NC(=O)Cc1csc(-c2ccco2)n1. The minimum Gasteiger partial charge on any atom is -0.481 e. The standard InChI is InChI=1S/C13H14N2O4S/c1-8(5-12(17)18)14-11(16)6-9-7-20-13(15-9)10-3-2-4-19-10/h2-4,7-8H,5-6H2,1H3,(H,14,16)(H,17,18). The fourth-order valence-corrected chi connectivity index (χ4v) is 2.49. The lowest BCUT2D eigenvalue weighted by Gasteiger charge is -2.10. The third kappa shape index (κ3) is 3.92. The summed E-state index contributed by atoms with van der Waals surface area (Å²) in [6.45, 7) is 1.65. The van der Waals surface area contributed by atoms with Crippen molar-refractivity contribution in [3.63, 3.8) is 0 Å². The predicted octanol–water partition coefficient (Wildman–Crippen LogP) is 1.92. The summed E-state index contributed by atoms with van der Waals surface area (Å²) in [5.41, 5.74) is 0.640. The number of nitrogens with zero attached hydrogens (tertiary/aromatic N) is 1. The van der Waals surface area contributed by atoms with Crippen LogP contribution in [-0.2, 0) is 16.0 Å². The highest BCUT2D eigenvalue weighted by Crippen LogP contribution is 2.23. The van der Waals surface area contributed by atoms with Gasteiger partial charge in [0.1, 0.15) is 0 Å². The second-order valence-electron chi connectivity index (χ2n) is 4.36. The van der Waals surface area contributed by atoms with E-state index in [-0.39, 0.29) is 18.7 Å². The summed E-state index contributed by atoms with van der Waals surface area (Å²) < 4.78 is 5.23. The average molecular weight is 294 g/mol. The van der Waals surface area contributed by atoms with Crippen LogP contribution in [0.2, 0.25) is 0 Å². The van der Waals surface area contributed by atoms with E-state index in [1.54, 1.807) is 30.7 Å². The molecule has 2 heterocycles. The Balaban J connectivity index is 1.90. The molecule has 0 saturated heterocycles. The zero-order chi connectivity index (χ0) is 14.5. The monoisotopic (exact) mass is 294 g/mol. The van der Waals surface area contributed by atoms with Crippen molar-refractivity contribution in [3.05, 3.63) is 29.5 Å². The third-order valence-corrected chi connectivity index (χ3v) is 3.42. The van der Waals surface area contributed by atoms with E-state index in [1.807, 2.05) is 0 Å². The zero-order valence-corrected chi connectivity index (χ0v) is 11.6. The number of furan rings is 1. The molecule has 0 bridgehead atoms. The van der Waals surface area contributed by atoms with Gasteiger partial charge in [0, 0.05) is 11.4 Å². The summed E-state index contributed by atoms with van der Waals surface area (Å²) in [6.07, 6.45) is 1.60. The van der Waals surface area contributed by atoms with Crippen LogP contribution >= 0.6 is 11.3 Å². The number of aliphatic carboxylic acids is 1. The van der Waals surface area contributed by atoms with E-state index < -0.39 is 12.0 Å². The van der Waals surface area contributed by atoms with Crippen molar-refractivity contribution in [3.8, 4) is 10.8 Å².